The second-order valence-corrected chi connectivity index (χ2v) is 12.9. The van der Waals surface area contributed by atoms with E-state index in [1.165, 1.54) is 23.6 Å². The number of hydrogen-bond acceptors (Lipinski definition) is 6. The number of carboxylic acid groups (broad SMARTS) is 1. The van der Waals surface area contributed by atoms with Crippen LogP contribution in [0.2, 0.25) is 5.02 Å². The summed E-state index contributed by atoms with van der Waals surface area (Å²) in [6, 6.07) is 12.6. The molecule has 0 aliphatic carbocycles. The summed E-state index contributed by atoms with van der Waals surface area (Å²) < 4.78 is 23.1. The number of halogens is 2. The van der Waals surface area contributed by atoms with Crippen molar-refractivity contribution < 1.29 is 19.0 Å². The van der Waals surface area contributed by atoms with E-state index >= 15 is 0 Å². The van der Waals surface area contributed by atoms with Crippen LogP contribution in [0.15, 0.2) is 61.1 Å². The molecule has 0 spiro atoms. The average Bonchev–Trinajstić information content (AvgIpc) is 3.49. The maximum Gasteiger partial charge on any atom is 0.307 e. The van der Waals surface area contributed by atoms with Gasteiger partial charge in [-0.2, -0.15) is 0 Å². The van der Waals surface area contributed by atoms with Gasteiger partial charge in [0.15, 0.2) is 0 Å². The topological polar surface area (TPSA) is 90.1 Å². The number of thiazole rings is 1. The van der Waals surface area contributed by atoms with E-state index in [0.29, 0.717) is 33.1 Å². The predicted octanol–water partition coefficient (Wildman–Crippen LogP) is 8.48. The minimum atomic E-state index is -0.930. The van der Waals surface area contributed by atoms with Crippen molar-refractivity contribution >= 4 is 50.2 Å². The van der Waals surface area contributed by atoms with E-state index in [4.69, 9.17) is 21.3 Å². The van der Waals surface area contributed by atoms with Crippen molar-refractivity contribution in [2.45, 2.75) is 39.7 Å². The number of nitrogens with zero attached hydrogens (tertiary/aromatic N) is 4. The molecule has 0 saturated carbocycles. The number of pyridine rings is 2. The molecule has 4 heterocycles. The average molecular weight is 615 g/mol. The Morgan fingerprint density at radius 2 is 1.91 bits per heavy atom. The molecule has 6 rings (SSSR count). The number of aromatic nitrogens is 4. The van der Waals surface area contributed by atoms with E-state index in [-0.39, 0.29) is 6.42 Å². The monoisotopic (exact) mass is 614 g/mol. The Morgan fingerprint density at radius 3 is 2.65 bits per heavy atom. The molecule has 0 aliphatic heterocycles. The summed E-state index contributed by atoms with van der Waals surface area (Å²) in [6.07, 6.45) is 4.64. The first-order valence-corrected chi connectivity index (χ1v) is 14.8. The highest BCUT2D eigenvalue weighted by molar-refractivity contribution is 7.22. The highest BCUT2D eigenvalue weighted by Gasteiger charge is 2.24. The lowest BCUT2D eigenvalue weighted by Crippen LogP contribution is -2.23. The molecule has 0 saturated heterocycles. The fourth-order valence-electron chi connectivity index (χ4n) is 5.29. The van der Waals surface area contributed by atoms with Gasteiger partial charge in [-0.15, -0.1) is 11.3 Å². The quantitative estimate of drug-likeness (QED) is 0.202. The molecule has 0 aliphatic rings. The Hall–Kier alpha value is -4.34. The van der Waals surface area contributed by atoms with Gasteiger partial charge in [-0.05, 0) is 81.3 Å². The van der Waals surface area contributed by atoms with E-state index in [0.717, 1.165) is 43.0 Å². The van der Waals surface area contributed by atoms with E-state index in [2.05, 4.69) is 9.97 Å². The summed E-state index contributed by atoms with van der Waals surface area (Å²) in [7, 11) is 1.86. The lowest BCUT2D eigenvalue weighted by Gasteiger charge is -2.24. The number of carboxylic acids is 1. The third-order valence-electron chi connectivity index (χ3n) is 7.03. The maximum atomic E-state index is 14.1. The van der Waals surface area contributed by atoms with Crippen LogP contribution in [0.1, 0.15) is 31.9 Å². The summed E-state index contributed by atoms with van der Waals surface area (Å²) in [4.78, 5) is 25.8. The smallest absolute Gasteiger partial charge is 0.307 e. The van der Waals surface area contributed by atoms with Crippen molar-refractivity contribution in [3.63, 3.8) is 0 Å². The van der Waals surface area contributed by atoms with Crippen molar-refractivity contribution in [1.29, 1.82) is 0 Å². The van der Waals surface area contributed by atoms with E-state index in [9.17, 15) is 14.3 Å². The van der Waals surface area contributed by atoms with Gasteiger partial charge in [-0.1, -0.05) is 11.6 Å². The molecule has 4 aromatic heterocycles. The highest BCUT2D eigenvalue weighted by Crippen LogP contribution is 2.45. The molecular weight excluding hydrogens is 587 g/mol. The molecule has 0 atom stereocenters. The van der Waals surface area contributed by atoms with Crippen LogP contribution < -0.4 is 4.74 Å². The number of aryl methyl sites for hydroxylation is 2. The van der Waals surface area contributed by atoms with Gasteiger partial charge in [0, 0.05) is 52.1 Å². The molecule has 7 nitrogen and oxygen atoms in total. The standard InChI is InChI=1S/C33H28ClFN4O3S/c1-17-10-26-30(29(22(17)14-28(40)41)21-7-6-19(34)12-27(21)42-33(2,3)4)43-32(38-26)18-8-9-36-25(11-18)24-16-39(5)31-23(24)13-20(35)15-37-31/h6-13,15-16H,14H2,1-5H3,(H,40,41). The predicted molar refractivity (Wildman–Crippen MR) is 169 cm³/mol. The molecule has 0 bridgehead atoms. The van der Waals surface area contributed by atoms with Gasteiger partial charge in [0.1, 0.15) is 27.8 Å². The van der Waals surface area contributed by atoms with Crippen molar-refractivity contribution in [3.8, 4) is 38.7 Å². The molecule has 0 amide bonds. The summed E-state index contributed by atoms with van der Waals surface area (Å²) in [5.41, 5.74) is 6.17. The van der Waals surface area contributed by atoms with Crippen molar-refractivity contribution in [2.24, 2.45) is 7.05 Å². The van der Waals surface area contributed by atoms with Crippen LogP contribution in [-0.4, -0.2) is 36.2 Å². The molecule has 43 heavy (non-hydrogen) atoms. The fraction of sp³-hybridized carbons (Fsp3) is 0.212. The number of aliphatic carboxylic acids is 1. The molecule has 0 fully saturated rings. The van der Waals surface area contributed by atoms with Crippen LogP contribution in [0.5, 0.6) is 5.75 Å². The van der Waals surface area contributed by atoms with Gasteiger partial charge in [0.05, 0.1) is 28.5 Å². The van der Waals surface area contributed by atoms with Gasteiger partial charge in [-0.25, -0.2) is 14.4 Å². The van der Waals surface area contributed by atoms with Crippen molar-refractivity contribution in [1.82, 2.24) is 19.5 Å². The van der Waals surface area contributed by atoms with Crippen molar-refractivity contribution in [3.05, 3.63) is 83.0 Å². The van der Waals surface area contributed by atoms with Crippen LogP contribution in [-0.2, 0) is 18.3 Å². The molecule has 0 unspecified atom stereocenters. The van der Waals surface area contributed by atoms with Gasteiger partial charge in [0.25, 0.3) is 0 Å². The Balaban J connectivity index is 1.56. The Bertz CT molecular complexity index is 2060. The molecule has 1 N–H and O–H groups in total. The zero-order valence-corrected chi connectivity index (χ0v) is 25.8. The number of rotatable bonds is 6. The Morgan fingerprint density at radius 1 is 1.12 bits per heavy atom. The van der Waals surface area contributed by atoms with E-state index in [1.54, 1.807) is 18.3 Å². The maximum absolute atomic E-state index is 14.1. The summed E-state index contributed by atoms with van der Waals surface area (Å²) >= 11 is 7.86. The second kappa shape index (κ2) is 10.7. The molecular formula is C33H28ClFN4O3S. The second-order valence-electron chi connectivity index (χ2n) is 11.4. The van der Waals surface area contributed by atoms with E-state index in [1.807, 2.05) is 69.8 Å². The number of carbonyl (C=O) groups is 1. The molecule has 6 aromatic rings. The van der Waals surface area contributed by atoms with Crippen LogP contribution in [0.3, 0.4) is 0 Å². The first-order chi connectivity index (χ1) is 20.4. The van der Waals surface area contributed by atoms with Crippen LogP contribution >= 0.6 is 22.9 Å². The van der Waals surface area contributed by atoms with Gasteiger partial charge in [-0.3, -0.25) is 9.78 Å². The van der Waals surface area contributed by atoms with Gasteiger partial charge in [0.2, 0.25) is 0 Å². The summed E-state index contributed by atoms with van der Waals surface area (Å²) in [5.74, 6) is -0.781. The summed E-state index contributed by atoms with van der Waals surface area (Å²) in [5, 5.41) is 11.8. The van der Waals surface area contributed by atoms with Crippen LogP contribution in [0, 0.1) is 12.7 Å². The third-order valence-corrected chi connectivity index (χ3v) is 8.40. The van der Waals surface area contributed by atoms with E-state index < -0.39 is 17.4 Å². The van der Waals surface area contributed by atoms with Crippen LogP contribution in [0.25, 0.3) is 54.2 Å². The zero-order chi connectivity index (χ0) is 30.6. The number of ether oxygens (including phenoxy) is 1. The fourth-order valence-corrected chi connectivity index (χ4v) is 6.58. The highest BCUT2D eigenvalue weighted by atomic mass is 35.5. The van der Waals surface area contributed by atoms with Gasteiger partial charge >= 0.3 is 5.97 Å². The molecule has 218 valence electrons. The number of benzene rings is 2. The minimum absolute atomic E-state index is 0.160. The molecule has 0 radical (unpaired) electrons. The third kappa shape index (κ3) is 5.58. The van der Waals surface area contributed by atoms with Crippen molar-refractivity contribution in [2.75, 3.05) is 0 Å². The Labute approximate surface area is 256 Å². The molecule has 10 heteroatoms. The van der Waals surface area contributed by atoms with Gasteiger partial charge < -0.3 is 14.4 Å². The first-order valence-electron chi connectivity index (χ1n) is 13.6. The number of fused-ring (bicyclic) bond motifs is 2. The minimum Gasteiger partial charge on any atom is -0.487 e. The lowest BCUT2D eigenvalue weighted by atomic mass is 9.92. The lowest BCUT2D eigenvalue weighted by molar-refractivity contribution is -0.136. The normalized spacial score (nSPS) is 11.9. The zero-order valence-electron chi connectivity index (χ0n) is 24.2. The first kappa shape index (κ1) is 28.8. The van der Waals surface area contributed by atoms with Crippen LogP contribution in [0.4, 0.5) is 4.39 Å². The SMILES string of the molecule is Cc1cc2nc(-c3ccnc(-c4cn(C)c5ncc(F)cc45)c3)sc2c(-c2ccc(Cl)cc2OC(C)(C)C)c1CC(=O)O. The molecule has 2 aromatic carbocycles. The largest absolute Gasteiger partial charge is 0.487 e. The number of hydrogen-bond donors (Lipinski definition) is 1. The Kier molecular flexibility index (Phi) is 7.18. The summed E-state index contributed by atoms with van der Waals surface area (Å²) in [6.45, 7) is 7.76.